The first-order valence-electron chi connectivity index (χ1n) is 17.8. The Bertz CT molecular complexity index is 1680. The summed E-state index contributed by atoms with van der Waals surface area (Å²) < 4.78 is 16.5. The van der Waals surface area contributed by atoms with Gasteiger partial charge in [0.15, 0.2) is 0 Å². The van der Waals surface area contributed by atoms with E-state index in [-0.39, 0.29) is 17.9 Å². The van der Waals surface area contributed by atoms with Gasteiger partial charge in [0, 0.05) is 89.1 Å². The van der Waals surface area contributed by atoms with Crippen molar-refractivity contribution in [3.8, 4) is 5.69 Å². The number of hydrogen-bond donors (Lipinski definition) is 0. The van der Waals surface area contributed by atoms with E-state index in [9.17, 15) is 14.0 Å². The molecule has 3 aromatic rings. The molecule has 4 fully saturated rings. The van der Waals surface area contributed by atoms with Crippen LogP contribution in [0.3, 0.4) is 0 Å². The Kier molecular flexibility index (Phi) is 9.09. The summed E-state index contributed by atoms with van der Waals surface area (Å²) in [5, 5.41) is 1.54. The quantitative estimate of drug-likeness (QED) is 0.279. The number of pyridine rings is 1. The fourth-order valence-electron chi connectivity index (χ4n) is 9.23. The van der Waals surface area contributed by atoms with Gasteiger partial charge in [-0.25, -0.2) is 4.39 Å². The monoisotopic (exact) mass is 676 g/mol. The van der Waals surface area contributed by atoms with E-state index < -0.39 is 5.82 Å². The molecule has 2 aromatic heterocycles. The summed E-state index contributed by atoms with van der Waals surface area (Å²) in [6.45, 7) is 16.7. The Morgan fingerprint density at radius 2 is 1.71 bits per heavy atom. The highest BCUT2D eigenvalue weighted by molar-refractivity contribution is 6.35. The van der Waals surface area contributed by atoms with Crippen LogP contribution < -0.4 is 0 Å². The second kappa shape index (κ2) is 13.0. The number of hydrogen-bond acceptors (Lipinski definition) is 5. The summed E-state index contributed by atoms with van der Waals surface area (Å²) >= 11 is 6.79. The largest absolute Gasteiger partial charge is 0.342 e. The first kappa shape index (κ1) is 33.5. The van der Waals surface area contributed by atoms with Crippen molar-refractivity contribution in [1.82, 2.24) is 29.2 Å². The van der Waals surface area contributed by atoms with Gasteiger partial charge in [-0.2, -0.15) is 0 Å². The van der Waals surface area contributed by atoms with Crippen LogP contribution >= 0.6 is 11.6 Å². The molecule has 1 aromatic carbocycles. The first-order valence-corrected chi connectivity index (χ1v) is 18.2. The average Bonchev–Trinajstić information content (AvgIpc) is 3.68. The number of halogens is 2. The van der Waals surface area contributed by atoms with Crippen molar-refractivity contribution < 1.29 is 14.0 Å². The zero-order valence-corrected chi connectivity index (χ0v) is 30.0. The minimum atomic E-state index is -0.442. The molecule has 1 unspecified atom stereocenters. The molecule has 3 aliphatic heterocycles. The highest BCUT2D eigenvalue weighted by Crippen LogP contribution is 2.44. The fraction of sp³-hybridized carbons (Fsp3) is 0.605. The summed E-state index contributed by atoms with van der Waals surface area (Å²) in [6, 6.07) is 5.67. The number of carbonyl (C=O) groups excluding carboxylic acids is 2. The third-order valence-electron chi connectivity index (χ3n) is 12.0. The van der Waals surface area contributed by atoms with Crippen LogP contribution in [0.25, 0.3) is 16.6 Å². The third kappa shape index (κ3) is 6.04. The normalized spacial score (nSPS) is 25.5. The number of carbonyl (C=O) groups is 2. The van der Waals surface area contributed by atoms with Gasteiger partial charge >= 0.3 is 0 Å². The molecule has 5 heterocycles. The number of rotatable bonds is 9. The van der Waals surface area contributed by atoms with Crippen LogP contribution in [-0.4, -0.2) is 105 Å². The van der Waals surface area contributed by atoms with Gasteiger partial charge in [0.2, 0.25) is 5.91 Å². The molecule has 4 aliphatic rings. The van der Waals surface area contributed by atoms with Crippen LogP contribution in [-0.2, 0) is 11.2 Å². The molecular weight excluding hydrogens is 627 g/mol. The van der Waals surface area contributed by atoms with E-state index >= 15 is 0 Å². The van der Waals surface area contributed by atoms with Crippen molar-refractivity contribution in [2.24, 2.45) is 29.6 Å². The van der Waals surface area contributed by atoms with Gasteiger partial charge < -0.3 is 14.4 Å². The maximum Gasteiger partial charge on any atom is 0.256 e. The zero-order valence-electron chi connectivity index (χ0n) is 29.2. The topological polar surface area (TPSA) is 64.9 Å². The van der Waals surface area contributed by atoms with Crippen LogP contribution in [0.1, 0.15) is 63.4 Å². The Hall–Kier alpha value is -3.01. The molecule has 7 rings (SSSR count). The molecule has 3 saturated heterocycles. The Labute approximate surface area is 289 Å². The van der Waals surface area contributed by atoms with Gasteiger partial charge in [0.1, 0.15) is 5.82 Å². The molecule has 0 bridgehead atoms. The van der Waals surface area contributed by atoms with Crippen LogP contribution in [0, 0.1) is 35.4 Å². The predicted octanol–water partition coefficient (Wildman–Crippen LogP) is 5.99. The Morgan fingerprint density at radius 3 is 2.33 bits per heavy atom. The molecule has 1 saturated carbocycles. The summed E-state index contributed by atoms with van der Waals surface area (Å²) in [7, 11) is 1.75. The number of likely N-dealkylation sites (tertiary alicyclic amines) is 3. The van der Waals surface area contributed by atoms with Crippen molar-refractivity contribution in [1.29, 1.82) is 0 Å². The zero-order chi connectivity index (χ0) is 34.0. The number of fused-ring (bicyclic) bond motifs is 2. The van der Waals surface area contributed by atoms with Gasteiger partial charge in [0.25, 0.3) is 5.91 Å². The van der Waals surface area contributed by atoms with Crippen LogP contribution in [0.5, 0.6) is 0 Å². The van der Waals surface area contributed by atoms with E-state index in [4.69, 9.17) is 11.6 Å². The van der Waals surface area contributed by atoms with Crippen LogP contribution in [0.4, 0.5) is 4.39 Å². The van der Waals surface area contributed by atoms with E-state index in [0.29, 0.717) is 52.0 Å². The Balaban J connectivity index is 1.03. The lowest BCUT2D eigenvalue weighted by Crippen LogP contribution is -2.60. The standard InChI is InChI=1S/C38H50ClFN6O2/c1-22(2)37(26-10-31(11-26)44-19-28-17-43(24(5)47)18-29(28)20-44)45-15-25(16-45)9-27-21-46(35-14-41-13-33(39)36(27)35)34-8-7-30(40)12-32(34)38(48)42(6)23(3)4/h7-8,12-14,21-23,25-26,28-29,31,37H,9-11,15-20H2,1-6H3/t26?,28-,29?,31?,37+/m1/s1. The number of nitrogens with zero attached hydrogens (tertiary/aromatic N) is 6. The SMILES string of the molecule is CC(=O)N1CC2CN(C3CC([C@H](C(C)C)N4CC(Cc5cn(-c6ccc(F)cc6C(=O)N(C)C(C)C)c6cncc(Cl)c56)C4)C3)C[C@H]2C1. The number of aromatic nitrogens is 2. The van der Waals surface area contributed by atoms with E-state index in [1.165, 1.54) is 25.0 Å². The Morgan fingerprint density at radius 1 is 1.02 bits per heavy atom. The first-order chi connectivity index (χ1) is 22.9. The lowest BCUT2D eigenvalue weighted by atomic mass is 9.70. The molecule has 0 N–H and O–H groups in total. The molecule has 48 heavy (non-hydrogen) atoms. The van der Waals surface area contributed by atoms with Crippen LogP contribution in [0.2, 0.25) is 5.02 Å². The molecule has 8 nitrogen and oxygen atoms in total. The van der Waals surface area contributed by atoms with Gasteiger partial charge in [-0.3, -0.25) is 24.4 Å². The minimum absolute atomic E-state index is 0.0243. The van der Waals surface area contributed by atoms with Crippen molar-refractivity contribution in [3.63, 3.8) is 0 Å². The summed E-state index contributed by atoms with van der Waals surface area (Å²) in [5.41, 5.74) is 2.90. The molecule has 10 heteroatoms. The highest BCUT2D eigenvalue weighted by atomic mass is 35.5. The molecule has 2 amide bonds. The fourth-order valence-corrected chi connectivity index (χ4v) is 9.51. The van der Waals surface area contributed by atoms with Gasteiger partial charge in [0.05, 0.1) is 28.0 Å². The van der Waals surface area contributed by atoms with Crippen molar-refractivity contribution in [2.45, 2.75) is 72.0 Å². The molecule has 0 radical (unpaired) electrons. The van der Waals surface area contributed by atoms with Gasteiger partial charge in [-0.1, -0.05) is 25.4 Å². The van der Waals surface area contributed by atoms with Crippen molar-refractivity contribution in [2.75, 3.05) is 46.3 Å². The molecular formula is C38H50ClFN6O2. The second-order valence-electron chi connectivity index (χ2n) is 15.8. The van der Waals surface area contributed by atoms with E-state index in [2.05, 4.69) is 34.8 Å². The highest BCUT2D eigenvalue weighted by Gasteiger charge is 2.49. The van der Waals surface area contributed by atoms with Gasteiger partial charge in [-0.05, 0) is 86.5 Å². The summed E-state index contributed by atoms with van der Waals surface area (Å²) in [4.78, 5) is 38.8. The molecule has 3 atom stereocenters. The molecule has 258 valence electrons. The maximum absolute atomic E-state index is 14.5. The van der Waals surface area contributed by atoms with E-state index in [1.54, 1.807) is 37.3 Å². The van der Waals surface area contributed by atoms with E-state index in [0.717, 1.165) is 68.1 Å². The van der Waals surface area contributed by atoms with Crippen molar-refractivity contribution in [3.05, 3.63) is 58.8 Å². The second-order valence-corrected chi connectivity index (χ2v) is 16.2. The minimum Gasteiger partial charge on any atom is -0.342 e. The summed E-state index contributed by atoms with van der Waals surface area (Å²) in [5.74, 6) is 2.69. The molecule has 1 aliphatic carbocycles. The van der Waals surface area contributed by atoms with E-state index in [1.807, 2.05) is 23.3 Å². The molecule has 0 spiro atoms. The summed E-state index contributed by atoms with van der Waals surface area (Å²) in [6.07, 6.45) is 8.99. The van der Waals surface area contributed by atoms with Gasteiger partial charge in [-0.15, -0.1) is 0 Å². The van der Waals surface area contributed by atoms with Crippen molar-refractivity contribution >= 4 is 34.3 Å². The lowest BCUT2D eigenvalue weighted by Gasteiger charge is -2.54. The predicted molar refractivity (Wildman–Crippen MR) is 188 cm³/mol. The number of benzene rings is 1. The third-order valence-corrected chi connectivity index (χ3v) is 12.3. The average molecular weight is 677 g/mol. The number of amides is 2. The smallest absolute Gasteiger partial charge is 0.256 e. The lowest BCUT2D eigenvalue weighted by molar-refractivity contribution is -0.128. The van der Waals surface area contributed by atoms with Crippen LogP contribution in [0.15, 0.2) is 36.8 Å². The maximum atomic E-state index is 14.5.